The normalized spacial score (nSPS) is 17.1. The Morgan fingerprint density at radius 3 is 2.79 bits per heavy atom. The first-order valence-corrected chi connectivity index (χ1v) is 9.89. The van der Waals surface area contributed by atoms with E-state index < -0.39 is 0 Å². The standard InChI is InChI=1S/C21H26N6O/c1-16-14-19(23-25(16)2)21(28)27-12-7-6-10-18(27)11-13-26-15-20(22-24-26)17-8-4-3-5-9-17/h3-5,8-9,14-15,18H,6-7,10-13H2,1-2H3. The molecule has 1 aliphatic heterocycles. The predicted molar refractivity (Wildman–Crippen MR) is 107 cm³/mol. The Hall–Kier alpha value is -2.96. The number of carbonyl (C=O) groups excluding carboxylic acids is 1. The van der Waals surface area contributed by atoms with Crippen molar-refractivity contribution in [1.82, 2.24) is 29.7 Å². The summed E-state index contributed by atoms with van der Waals surface area (Å²) in [5.74, 6) is 0.0389. The van der Waals surface area contributed by atoms with Crippen LogP contribution < -0.4 is 0 Å². The monoisotopic (exact) mass is 378 g/mol. The Morgan fingerprint density at radius 2 is 2.04 bits per heavy atom. The molecule has 0 aliphatic carbocycles. The number of hydrogen-bond donors (Lipinski definition) is 0. The molecule has 0 N–H and O–H groups in total. The van der Waals surface area contributed by atoms with Crippen LogP contribution in [0.15, 0.2) is 42.6 Å². The molecule has 3 aromatic rings. The fourth-order valence-electron chi connectivity index (χ4n) is 3.81. The Morgan fingerprint density at radius 1 is 1.21 bits per heavy atom. The van der Waals surface area contributed by atoms with Crippen LogP contribution in [-0.2, 0) is 13.6 Å². The average molecular weight is 378 g/mol. The van der Waals surface area contributed by atoms with Gasteiger partial charge in [0.1, 0.15) is 5.69 Å². The van der Waals surface area contributed by atoms with Crippen molar-refractivity contribution in [2.45, 2.75) is 45.2 Å². The smallest absolute Gasteiger partial charge is 0.274 e. The molecule has 0 bridgehead atoms. The lowest BCUT2D eigenvalue weighted by atomic mass is 9.99. The highest BCUT2D eigenvalue weighted by Crippen LogP contribution is 2.23. The van der Waals surface area contributed by atoms with Crippen LogP contribution in [0.25, 0.3) is 11.3 Å². The van der Waals surface area contributed by atoms with E-state index in [9.17, 15) is 4.79 Å². The van der Waals surface area contributed by atoms with Crippen molar-refractivity contribution in [3.63, 3.8) is 0 Å². The van der Waals surface area contributed by atoms with Gasteiger partial charge in [-0.15, -0.1) is 5.10 Å². The maximum absolute atomic E-state index is 13.0. The van der Waals surface area contributed by atoms with Crippen molar-refractivity contribution in [3.8, 4) is 11.3 Å². The maximum atomic E-state index is 13.0. The van der Waals surface area contributed by atoms with Crippen molar-refractivity contribution >= 4 is 5.91 Å². The fourth-order valence-corrected chi connectivity index (χ4v) is 3.81. The summed E-state index contributed by atoms with van der Waals surface area (Å²) in [4.78, 5) is 15.0. The van der Waals surface area contributed by atoms with E-state index in [0.717, 1.165) is 55.7 Å². The van der Waals surface area contributed by atoms with E-state index in [0.29, 0.717) is 5.69 Å². The second-order valence-corrected chi connectivity index (χ2v) is 7.46. The summed E-state index contributed by atoms with van der Waals surface area (Å²) in [6.07, 6.45) is 6.08. The molecule has 1 aliphatic rings. The molecule has 28 heavy (non-hydrogen) atoms. The third-order valence-corrected chi connectivity index (χ3v) is 5.52. The quantitative estimate of drug-likeness (QED) is 0.684. The molecule has 7 nitrogen and oxygen atoms in total. The number of likely N-dealkylation sites (tertiary alicyclic amines) is 1. The second-order valence-electron chi connectivity index (χ2n) is 7.46. The van der Waals surface area contributed by atoms with Gasteiger partial charge in [-0.1, -0.05) is 35.5 Å². The molecule has 1 fully saturated rings. The Bertz CT molecular complexity index is 925. The first-order chi connectivity index (χ1) is 13.6. The first kappa shape index (κ1) is 18.4. The Labute approximate surface area is 165 Å². The Balaban J connectivity index is 1.43. The number of aromatic nitrogens is 5. The topological polar surface area (TPSA) is 68.8 Å². The van der Waals surface area contributed by atoms with Crippen LogP contribution in [0.5, 0.6) is 0 Å². The SMILES string of the molecule is Cc1cc(C(=O)N2CCCCC2CCn2cc(-c3ccccc3)nn2)nn1C. The second kappa shape index (κ2) is 7.96. The summed E-state index contributed by atoms with van der Waals surface area (Å²) in [5, 5.41) is 12.9. The van der Waals surface area contributed by atoms with E-state index in [-0.39, 0.29) is 11.9 Å². The van der Waals surface area contributed by atoms with Crippen LogP contribution in [0.3, 0.4) is 0 Å². The van der Waals surface area contributed by atoms with Crippen LogP contribution in [0.4, 0.5) is 0 Å². The summed E-state index contributed by atoms with van der Waals surface area (Å²) >= 11 is 0. The van der Waals surface area contributed by atoms with Crippen molar-refractivity contribution in [3.05, 3.63) is 54.0 Å². The van der Waals surface area contributed by atoms with Gasteiger partial charge in [-0.25, -0.2) is 0 Å². The highest BCUT2D eigenvalue weighted by atomic mass is 16.2. The number of carbonyl (C=O) groups is 1. The van der Waals surface area contributed by atoms with E-state index in [4.69, 9.17) is 0 Å². The van der Waals surface area contributed by atoms with Crippen LogP contribution in [0, 0.1) is 6.92 Å². The lowest BCUT2D eigenvalue weighted by molar-refractivity contribution is 0.0587. The molecule has 1 unspecified atom stereocenters. The zero-order chi connectivity index (χ0) is 19.5. The highest BCUT2D eigenvalue weighted by molar-refractivity contribution is 5.92. The molecular weight excluding hydrogens is 352 g/mol. The molecule has 1 amide bonds. The predicted octanol–water partition coefficient (Wildman–Crippen LogP) is 3.07. The third-order valence-electron chi connectivity index (χ3n) is 5.52. The number of benzene rings is 1. The zero-order valence-corrected chi connectivity index (χ0v) is 16.5. The van der Waals surface area contributed by atoms with E-state index in [1.165, 1.54) is 0 Å². The van der Waals surface area contributed by atoms with Gasteiger partial charge in [0.25, 0.3) is 5.91 Å². The summed E-state index contributed by atoms with van der Waals surface area (Å²) in [7, 11) is 1.87. The van der Waals surface area contributed by atoms with E-state index in [1.54, 1.807) is 4.68 Å². The number of hydrogen-bond acceptors (Lipinski definition) is 4. The summed E-state index contributed by atoms with van der Waals surface area (Å²) in [6, 6.07) is 12.1. The summed E-state index contributed by atoms with van der Waals surface area (Å²) in [6.45, 7) is 3.51. The van der Waals surface area contributed by atoms with E-state index in [2.05, 4.69) is 15.4 Å². The Kier molecular flexibility index (Phi) is 5.23. The van der Waals surface area contributed by atoms with Crippen LogP contribution in [-0.4, -0.2) is 48.2 Å². The number of rotatable bonds is 5. The minimum absolute atomic E-state index is 0.0389. The van der Waals surface area contributed by atoms with Crippen molar-refractivity contribution in [2.75, 3.05) is 6.54 Å². The highest BCUT2D eigenvalue weighted by Gasteiger charge is 2.29. The number of nitrogens with zero attached hydrogens (tertiary/aromatic N) is 6. The maximum Gasteiger partial charge on any atom is 0.274 e. The molecule has 1 aromatic carbocycles. The summed E-state index contributed by atoms with van der Waals surface area (Å²) < 4.78 is 3.64. The molecule has 1 saturated heterocycles. The van der Waals surface area contributed by atoms with Crippen LogP contribution in [0.2, 0.25) is 0 Å². The lowest BCUT2D eigenvalue weighted by Gasteiger charge is -2.35. The van der Waals surface area contributed by atoms with Gasteiger partial charge in [0.2, 0.25) is 0 Å². The largest absolute Gasteiger partial charge is 0.334 e. The average Bonchev–Trinajstić information content (AvgIpc) is 3.33. The van der Waals surface area contributed by atoms with Gasteiger partial charge in [-0.05, 0) is 38.7 Å². The molecule has 0 saturated carbocycles. The van der Waals surface area contributed by atoms with Crippen LogP contribution in [0.1, 0.15) is 41.9 Å². The van der Waals surface area contributed by atoms with Crippen LogP contribution >= 0.6 is 0 Å². The molecule has 7 heteroatoms. The van der Waals surface area contributed by atoms with Gasteiger partial charge in [0.05, 0.1) is 6.20 Å². The van der Waals surface area contributed by atoms with E-state index >= 15 is 0 Å². The minimum Gasteiger partial charge on any atom is -0.334 e. The molecular formula is C21H26N6O. The molecule has 0 spiro atoms. The van der Waals surface area contributed by atoms with Crippen molar-refractivity contribution < 1.29 is 4.79 Å². The number of aryl methyl sites for hydroxylation is 3. The van der Waals surface area contributed by atoms with Gasteiger partial charge in [0, 0.05) is 37.4 Å². The number of piperidine rings is 1. The zero-order valence-electron chi connectivity index (χ0n) is 16.5. The molecule has 1 atom stereocenters. The molecule has 2 aromatic heterocycles. The minimum atomic E-state index is 0.0389. The van der Waals surface area contributed by atoms with Crippen molar-refractivity contribution in [1.29, 1.82) is 0 Å². The van der Waals surface area contributed by atoms with Gasteiger partial charge in [-0.2, -0.15) is 5.10 Å². The molecule has 3 heterocycles. The fraction of sp³-hybridized carbons (Fsp3) is 0.429. The summed E-state index contributed by atoms with van der Waals surface area (Å²) in [5.41, 5.74) is 3.47. The molecule has 0 radical (unpaired) electrons. The van der Waals surface area contributed by atoms with E-state index in [1.807, 2.05) is 66.1 Å². The number of amides is 1. The third kappa shape index (κ3) is 3.83. The van der Waals surface area contributed by atoms with Gasteiger partial charge >= 0.3 is 0 Å². The first-order valence-electron chi connectivity index (χ1n) is 9.89. The van der Waals surface area contributed by atoms with Gasteiger partial charge < -0.3 is 4.90 Å². The lowest BCUT2D eigenvalue weighted by Crippen LogP contribution is -2.44. The molecule has 146 valence electrons. The van der Waals surface area contributed by atoms with Gasteiger partial charge in [0.15, 0.2) is 5.69 Å². The van der Waals surface area contributed by atoms with Gasteiger partial charge in [-0.3, -0.25) is 14.2 Å². The van der Waals surface area contributed by atoms with Crippen molar-refractivity contribution in [2.24, 2.45) is 7.05 Å². The molecule has 4 rings (SSSR count).